The van der Waals surface area contributed by atoms with Crippen LogP contribution in [0.5, 0.6) is 0 Å². The summed E-state index contributed by atoms with van der Waals surface area (Å²) in [6.45, 7) is 0.444. The molecule has 0 radical (unpaired) electrons. The molecule has 1 rings (SSSR count). The molecule has 0 bridgehead atoms. The van der Waals surface area contributed by atoms with Crippen molar-refractivity contribution in [1.29, 1.82) is 0 Å². The second-order valence-corrected chi connectivity index (χ2v) is 3.83. The van der Waals surface area contributed by atoms with Crippen LogP contribution in [0.25, 0.3) is 0 Å². The van der Waals surface area contributed by atoms with Gasteiger partial charge in [-0.3, -0.25) is 0 Å². The molecule has 0 spiro atoms. The molecule has 0 atom stereocenters. The van der Waals surface area contributed by atoms with Crippen molar-refractivity contribution in [2.45, 2.75) is 18.3 Å². The molecule has 0 saturated carbocycles. The number of aromatic nitrogens is 2. The number of rotatable bonds is 4. The maximum Gasteiger partial charge on any atom is 0.411 e. The van der Waals surface area contributed by atoms with Crippen LogP contribution < -0.4 is 5.73 Å². The molecule has 1 aromatic heterocycles. The molecule has 0 aliphatic carbocycles. The summed E-state index contributed by atoms with van der Waals surface area (Å²) in [7, 11) is 0. The Kier molecular flexibility index (Phi) is 4.36. The molecule has 90 valence electrons. The van der Waals surface area contributed by atoms with Gasteiger partial charge in [0.05, 0.1) is 0 Å². The van der Waals surface area contributed by atoms with Crippen LogP contribution in [0.15, 0.2) is 11.2 Å². The van der Waals surface area contributed by atoms with Crippen molar-refractivity contribution in [3.05, 3.63) is 11.8 Å². The van der Waals surface area contributed by atoms with Crippen molar-refractivity contribution in [1.82, 2.24) is 9.97 Å². The van der Waals surface area contributed by atoms with Crippen LogP contribution in [0, 0.1) is 6.92 Å². The Balaban J connectivity index is 2.37. The van der Waals surface area contributed by atoms with Crippen LogP contribution in [-0.4, -0.2) is 28.7 Å². The first kappa shape index (κ1) is 13.0. The van der Waals surface area contributed by atoms with E-state index in [9.17, 15) is 13.2 Å². The van der Waals surface area contributed by atoms with Gasteiger partial charge in [-0.05, 0) is 6.92 Å². The van der Waals surface area contributed by atoms with Crippen LogP contribution in [-0.2, 0) is 4.74 Å². The highest BCUT2D eigenvalue weighted by molar-refractivity contribution is 7.99. The Hall–Kier alpha value is -1.02. The summed E-state index contributed by atoms with van der Waals surface area (Å²) in [5.74, 6) is 0.119. The van der Waals surface area contributed by atoms with Crippen LogP contribution in [0.3, 0.4) is 0 Å². The molecule has 0 aliphatic rings. The number of halogens is 3. The van der Waals surface area contributed by atoms with E-state index in [4.69, 9.17) is 5.73 Å². The Bertz CT molecular complexity index is 339. The van der Waals surface area contributed by atoms with E-state index in [1.165, 1.54) is 0 Å². The smallest absolute Gasteiger partial charge is 0.384 e. The van der Waals surface area contributed by atoms with Gasteiger partial charge in [-0.1, -0.05) is 11.8 Å². The van der Waals surface area contributed by atoms with E-state index in [0.717, 1.165) is 11.8 Å². The Labute approximate surface area is 94.4 Å². The Morgan fingerprint density at radius 2 is 2.12 bits per heavy atom. The minimum atomic E-state index is -4.31. The SMILES string of the molecule is Cc1cc(N)nc(SCOCC(F)(F)F)n1. The lowest BCUT2D eigenvalue weighted by Gasteiger charge is -2.07. The first-order valence-electron chi connectivity index (χ1n) is 4.25. The fourth-order valence-electron chi connectivity index (χ4n) is 0.881. The molecular formula is C8H10F3N3OS. The number of anilines is 1. The van der Waals surface area contributed by atoms with Gasteiger partial charge in [0.25, 0.3) is 0 Å². The number of hydrogen-bond donors (Lipinski definition) is 1. The molecule has 0 aliphatic heterocycles. The van der Waals surface area contributed by atoms with Gasteiger partial charge in [0, 0.05) is 11.8 Å². The number of nitrogen functional groups attached to an aromatic ring is 1. The number of hydrogen-bond acceptors (Lipinski definition) is 5. The fourth-order valence-corrected chi connectivity index (χ4v) is 1.53. The van der Waals surface area contributed by atoms with E-state index in [-0.39, 0.29) is 11.8 Å². The van der Waals surface area contributed by atoms with E-state index < -0.39 is 12.8 Å². The van der Waals surface area contributed by atoms with Gasteiger partial charge in [-0.25, -0.2) is 9.97 Å². The molecular weight excluding hydrogens is 243 g/mol. The van der Waals surface area contributed by atoms with Crippen molar-refractivity contribution in [2.75, 3.05) is 18.3 Å². The highest BCUT2D eigenvalue weighted by Crippen LogP contribution is 2.18. The molecule has 0 fully saturated rings. The third-order valence-electron chi connectivity index (χ3n) is 1.39. The van der Waals surface area contributed by atoms with Crippen molar-refractivity contribution in [3.63, 3.8) is 0 Å². The van der Waals surface area contributed by atoms with E-state index in [0.29, 0.717) is 10.9 Å². The molecule has 0 unspecified atom stereocenters. The molecule has 0 saturated heterocycles. The van der Waals surface area contributed by atoms with E-state index >= 15 is 0 Å². The van der Waals surface area contributed by atoms with Gasteiger partial charge >= 0.3 is 6.18 Å². The van der Waals surface area contributed by atoms with E-state index in [1.807, 2.05) is 0 Å². The summed E-state index contributed by atoms with van der Waals surface area (Å²) in [6.07, 6.45) is -4.31. The van der Waals surface area contributed by atoms with Gasteiger partial charge in [-0.15, -0.1) is 0 Å². The quantitative estimate of drug-likeness (QED) is 0.385. The van der Waals surface area contributed by atoms with Crippen LogP contribution in [0.4, 0.5) is 19.0 Å². The van der Waals surface area contributed by atoms with Gasteiger partial charge in [0.1, 0.15) is 18.4 Å². The predicted molar refractivity (Wildman–Crippen MR) is 53.9 cm³/mol. The lowest BCUT2D eigenvalue weighted by Crippen LogP contribution is -2.16. The number of nitrogens with two attached hydrogens (primary N) is 1. The predicted octanol–water partition coefficient (Wildman–Crippen LogP) is 2.00. The summed E-state index contributed by atoms with van der Waals surface area (Å²) in [4.78, 5) is 7.81. The van der Waals surface area contributed by atoms with Crippen LogP contribution in [0.2, 0.25) is 0 Å². The fraction of sp³-hybridized carbons (Fsp3) is 0.500. The highest BCUT2D eigenvalue weighted by atomic mass is 32.2. The maximum absolute atomic E-state index is 11.7. The standard InChI is InChI=1S/C8H10F3N3OS/c1-5-2-6(12)14-7(13-5)16-4-15-3-8(9,10)11/h2H,3-4H2,1H3,(H2,12,13,14). The van der Waals surface area contributed by atoms with E-state index in [2.05, 4.69) is 14.7 Å². The zero-order valence-electron chi connectivity index (χ0n) is 8.41. The topological polar surface area (TPSA) is 61.0 Å². The highest BCUT2D eigenvalue weighted by Gasteiger charge is 2.27. The van der Waals surface area contributed by atoms with Gasteiger partial charge in [0.2, 0.25) is 0 Å². The molecule has 0 aromatic carbocycles. The Morgan fingerprint density at radius 1 is 1.44 bits per heavy atom. The van der Waals surface area contributed by atoms with Crippen LogP contribution in [0.1, 0.15) is 5.69 Å². The largest absolute Gasteiger partial charge is 0.411 e. The third-order valence-corrected chi connectivity index (χ3v) is 2.12. The lowest BCUT2D eigenvalue weighted by atomic mass is 10.4. The second-order valence-electron chi connectivity index (χ2n) is 2.94. The number of thioether (sulfide) groups is 1. The summed E-state index contributed by atoms with van der Waals surface area (Å²) in [5, 5.41) is 0.305. The summed E-state index contributed by atoms with van der Waals surface area (Å²) in [6, 6.07) is 1.57. The number of nitrogens with zero attached hydrogens (tertiary/aromatic N) is 2. The lowest BCUT2D eigenvalue weighted by molar-refractivity contribution is -0.168. The van der Waals surface area contributed by atoms with Gasteiger partial charge < -0.3 is 10.5 Å². The second kappa shape index (κ2) is 5.35. The third kappa shape index (κ3) is 5.17. The van der Waals surface area contributed by atoms with Gasteiger partial charge in [-0.2, -0.15) is 13.2 Å². The number of aryl methyl sites for hydroxylation is 1. The van der Waals surface area contributed by atoms with E-state index in [1.54, 1.807) is 13.0 Å². The van der Waals surface area contributed by atoms with Crippen molar-refractivity contribution in [3.8, 4) is 0 Å². The zero-order valence-corrected chi connectivity index (χ0v) is 9.23. The van der Waals surface area contributed by atoms with Crippen molar-refractivity contribution in [2.24, 2.45) is 0 Å². The molecule has 4 nitrogen and oxygen atoms in total. The first-order chi connectivity index (χ1) is 7.37. The van der Waals surface area contributed by atoms with Crippen molar-refractivity contribution < 1.29 is 17.9 Å². The number of ether oxygens (including phenoxy) is 1. The normalized spacial score (nSPS) is 11.8. The molecule has 16 heavy (non-hydrogen) atoms. The Morgan fingerprint density at radius 3 is 2.69 bits per heavy atom. The summed E-state index contributed by atoms with van der Waals surface area (Å²) < 4.78 is 39.6. The van der Waals surface area contributed by atoms with Crippen molar-refractivity contribution >= 4 is 17.6 Å². The monoisotopic (exact) mass is 253 g/mol. The maximum atomic E-state index is 11.7. The molecule has 1 heterocycles. The van der Waals surface area contributed by atoms with Gasteiger partial charge in [0.15, 0.2) is 5.16 Å². The van der Waals surface area contributed by atoms with Crippen LogP contribution >= 0.6 is 11.8 Å². The number of alkyl halides is 3. The zero-order chi connectivity index (χ0) is 12.2. The summed E-state index contributed by atoms with van der Waals surface area (Å²) in [5.41, 5.74) is 6.11. The molecule has 0 amide bonds. The minimum absolute atomic E-state index is 0.164. The molecule has 2 N–H and O–H groups in total. The molecule has 8 heteroatoms. The average Bonchev–Trinajstić information content (AvgIpc) is 2.09. The first-order valence-corrected chi connectivity index (χ1v) is 5.24. The minimum Gasteiger partial charge on any atom is -0.384 e. The molecule has 1 aromatic rings. The summed E-state index contributed by atoms with van der Waals surface area (Å²) >= 11 is 0.965. The average molecular weight is 253 g/mol.